The number of rotatable bonds is 11. The number of carboxylic acids is 1. The molecule has 0 aromatic rings. The third-order valence-electron chi connectivity index (χ3n) is 3.67. The molecule has 0 fully saturated rings. The highest BCUT2D eigenvalue weighted by Gasteiger charge is 2.41. The van der Waals surface area contributed by atoms with E-state index in [2.05, 4.69) is 0 Å². The van der Waals surface area contributed by atoms with Crippen LogP contribution in [-0.4, -0.2) is 110 Å². The fourth-order valence-electron chi connectivity index (χ4n) is 2.07. The summed E-state index contributed by atoms with van der Waals surface area (Å²) in [4.78, 5) is 34.5. The van der Waals surface area contributed by atoms with E-state index in [0.29, 0.717) is 4.90 Å². The Kier molecular flexibility index (Phi) is 10.3. The number of carboxylic acid groups (broad SMARTS) is 1. The highest BCUT2D eigenvalue weighted by atomic mass is 19.4. The summed E-state index contributed by atoms with van der Waals surface area (Å²) in [6, 6.07) is -1.88. The Hall–Kier alpha value is -2.00. The van der Waals surface area contributed by atoms with Gasteiger partial charge in [-0.1, -0.05) is 0 Å². The Morgan fingerprint density at radius 2 is 1.54 bits per heavy atom. The van der Waals surface area contributed by atoms with Crippen molar-refractivity contribution in [3.05, 3.63) is 0 Å². The van der Waals surface area contributed by atoms with E-state index in [0.717, 1.165) is 7.05 Å². The topological polar surface area (TPSA) is 188 Å². The summed E-state index contributed by atoms with van der Waals surface area (Å²) in [5, 5.41) is 56.9. The third kappa shape index (κ3) is 8.35. The minimum absolute atomic E-state index is 0.606. The number of carbonyl (C=O) groups is 3. The maximum Gasteiger partial charge on any atom is 0.471 e. The monoisotopic (exact) mass is 420 g/mol. The Balaban J connectivity index is 5.13. The zero-order valence-electron chi connectivity index (χ0n) is 14.7. The van der Waals surface area contributed by atoms with E-state index in [1.165, 1.54) is 5.32 Å². The van der Waals surface area contributed by atoms with Gasteiger partial charge in [0.2, 0.25) is 5.91 Å². The van der Waals surface area contributed by atoms with Crippen LogP contribution in [0.2, 0.25) is 0 Å². The van der Waals surface area contributed by atoms with Gasteiger partial charge in [-0.3, -0.25) is 14.4 Å². The van der Waals surface area contributed by atoms with Gasteiger partial charge in [0.15, 0.2) is 0 Å². The number of nitrogens with one attached hydrogen (secondary N) is 1. The highest BCUT2D eigenvalue weighted by Crippen LogP contribution is 2.16. The second-order valence-corrected chi connectivity index (χ2v) is 5.97. The number of carbonyl (C=O) groups excluding carboxylic acids is 2. The fourth-order valence-corrected chi connectivity index (χ4v) is 2.07. The molecule has 0 aliphatic heterocycles. The van der Waals surface area contributed by atoms with Crippen molar-refractivity contribution >= 4 is 17.8 Å². The lowest BCUT2D eigenvalue weighted by Gasteiger charge is -2.30. The maximum absolute atomic E-state index is 12.4. The van der Waals surface area contributed by atoms with E-state index < -0.39 is 80.4 Å². The number of hydrogen-bond donors (Lipinski definition) is 7. The molecule has 0 heterocycles. The highest BCUT2D eigenvalue weighted by molar-refractivity contribution is 5.90. The van der Waals surface area contributed by atoms with Crippen molar-refractivity contribution in [1.82, 2.24) is 10.2 Å². The SMILES string of the molecule is CN(CC(O)C(O)C(O)C(O)CO)C(=O)[C@H](CCC(=O)O)NC(=O)C(F)(F)F. The molecule has 5 atom stereocenters. The van der Waals surface area contributed by atoms with Crippen LogP contribution >= 0.6 is 0 Å². The quantitative estimate of drug-likeness (QED) is 0.180. The average molecular weight is 420 g/mol. The molecule has 4 unspecified atom stereocenters. The molecule has 0 spiro atoms. The van der Waals surface area contributed by atoms with Crippen LogP contribution < -0.4 is 5.32 Å². The molecule has 14 heteroatoms. The average Bonchev–Trinajstić information content (AvgIpc) is 2.60. The molecule has 0 aliphatic rings. The largest absolute Gasteiger partial charge is 0.481 e. The predicted octanol–water partition coefficient (Wildman–Crippen LogP) is -3.21. The van der Waals surface area contributed by atoms with Crippen LogP contribution in [0.15, 0.2) is 0 Å². The first-order chi connectivity index (χ1) is 12.7. The Labute approximate surface area is 157 Å². The number of aliphatic hydroxyl groups is 5. The van der Waals surface area contributed by atoms with Crippen molar-refractivity contribution in [1.29, 1.82) is 0 Å². The van der Waals surface area contributed by atoms with Crippen molar-refractivity contribution in [3.63, 3.8) is 0 Å². The van der Waals surface area contributed by atoms with Gasteiger partial charge < -0.3 is 40.9 Å². The molecule has 0 aromatic heterocycles. The second-order valence-electron chi connectivity index (χ2n) is 5.97. The minimum atomic E-state index is -5.32. The van der Waals surface area contributed by atoms with Gasteiger partial charge in [-0.25, -0.2) is 0 Å². The van der Waals surface area contributed by atoms with Gasteiger partial charge in [-0.15, -0.1) is 0 Å². The number of likely N-dealkylation sites (N-methyl/N-ethyl adjacent to an activating group) is 1. The predicted molar refractivity (Wildman–Crippen MR) is 83.6 cm³/mol. The van der Waals surface area contributed by atoms with E-state index in [1.54, 1.807) is 0 Å². The molecule has 0 bridgehead atoms. The zero-order valence-corrected chi connectivity index (χ0v) is 14.7. The maximum atomic E-state index is 12.4. The first-order valence-electron chi connectivity index (χ1n) is 7.89. The fraction of sp³-hybridized carbons (Fsp3) is 0.786. The molecule has 0 saturated carbocycles. The van der Waals surface area contributed by atoms with Crippen LogP contribution in [0, 0.1) is 0 Å². The van der Waals surface area contributed by atoms with E-state index in [4.69, 9.17) is 10.2 Å². The lowest BCUT2D eigenvalue weighted by molar-refractivity contribution is -0.175. The molecular weight excluding hydrogens is 397 g/mol. The van der Waals surface area contributed by atoms with Crippen LogP contribution in [0.5, 0.6) is 0 Å². The van der Waals surface area contributed by atoms with Crippen molar-refractivity contribution in [2.45, 2.75) is 49.5 Å². The zero-order chi connectivity index (χ0) is 22.2. The molecule has 28 heavy (non-hydrogen) atoms. The third-order valence-corrected chi connectivity index (χ3v) is 3.67. The number of halogens is 3. The first kappa shape index (κ1) is 26.0. The van der Waals surface area contributed by atoms with E-state index in [-0.39, 0.29) is 0 Å². The molecular formula is C14H23F3N2O9. The molecule has 164 valence electrons. The summed E-state index contributed by atoms with van der Waals surface area (Å²) in [7, 11) is 0.987. The summed E-state index contributed by atoms with van der Waals surface area (Å²) in [6.45, 7) is -1.69. The summed E-state index contributed by atoms with van der Waals surface area (Å²) in [5.41, 5.74) is 0. The summed E-state index contributed by atoms with van der Waals surface area (Å²) in [6.07, 6.45) is -14.4. The second kappa shape index (κ2) is 11.1. The molecule has 0 rings (SSSR count). The van der Waals surface area contributed by atoms with Crippen LogP contribution in [0.3, 0.4) is 0 Å². The number of amides is 2. The van der Waals surface area contributed by atoms with Gasteiger partial charge in [0.1, 0.15) is 30.5 Å². The number of aliphatic hydroxyl groups excluding tert-OH is 5. The molecule has 7 N–H and O–H groups in total. The Morgan fingerprint density at radius 1 is 1.04 bits per heavy atom. The van der Waals surface area contributed by atoms with Gasteiger partial charge in [-0.2, -0.15) is 13.2 Å². The van der Waals surface area contributed by atoms with Crippen LogP contribution in [0.25, 0.3) is 0 Å². The van der Waals surface area contributed by atoms with Crippen molar-refractivity contribution in [2.75, 3.05) is 20.2 Å². The number of alkyl halides is 3. The number of hydrogen-bond acceptors (Lipinski definition) is 8. The lowest BCUT2D eigenvalue weighted by Crippen LogP contribution is -2.54. The number of nitrogens with zero attached hydrogens (tertiary/aromatic N) is 1. The van der Waals surface area contributed by atoms with E-state index in [1.807, 2.05) is 0 Å². The normalized spacial score (nSPS) is 17.2. The molecule has 0 aromatic carbocycles. The summed E-state index contributed by atoms with van der Waals surface area (Å²) in [5.74, 6) is -5.09. The number of aliphatic carboxylic acids is 1. The molecule has 0 aliphatic carbocycles. The van der Waals surface area contributed by atoms with Gasteiger partial charge in [-0.05, 0) is 6.42 Å². The standard InChI is InChI=1S/C14H23F3N2O9/c1-19(4-7(21)10(25)11(26)8(22)5-20)12(27)6(2-3-9(23)24)18-13(28)14(15,16)17/h6-8,10-11,20-22,25-26H,2-5H2,1H3,(H,18,28)(H,23,24)/t6-,7?,8?,10?,11?/m0/s1. The van der Waals surface area contributed by atoms with Crippen molar-refractivity contribution in [3.8, 4) is 0 Å². The van der Waals surface area contributed by atoms with Crippen LogP contribution in [-0.2, 0) is 14.4 Å². The van der Waals surface area contributed by atoms with Crippen molar-refractivity contribution in [2.24, 2.45) is 0 Å². The molecule has 0 radical (unpaired) electrons. The van der Waals surface area contributed by atoms with Gasteiger partial charge >= 0.3 is 18.1 Å². The van der Waals surface area contributed by atoms with Gasteiger partial charge in [0.05, 0.1) is 6.61 Å². The molecule has 0 saturated heterocycles. The first-order valence-corrected chi connectivity index (χ1v) is 7.89. The molecule has 11 nitrogen and oxygen atoms in total. The van der Waals surface area contributed by atoms with Crippen LogP contribution in [0.4, 0.5) is 13.2 Å². The lowest BCUT2D eigenvalue weighted by atomic mass is 10.0. The van der Waals surface area contributed by atoms with Gasteiger partial charge in [0.25, 0.3) is 0 Å². The van der Waals surface area contributed by atoms with Crippen molar-refractivity contribution < 1.29 is 58.2 Å². The van der Waals surface area contributed by atoms with Crippen LogP contribution in [0.1, 0.15) is 12.8 Å². The minimum Gasteiger partial charge on any atom is -0.481 e. The molecule has 2 amide bonds. The van der Waals surface area contributed by atoms with E-state index >= 15 is 0 Å². The Bertz CT molecular complexity index is 547. The summed E-state index contributed by atoms with van der Waals surface area (Å²) < 4.78 is 37.2. The summed E-state index contributed by atoms with van der Waals surface area (Å²) >= 11 is 0. The Morgan fingerprint density at radius 3 is 1.96 bits per heavy atom. The van der Waals surface area contributed by atoms with E-state index in [9.17, 15) is 48.0 Å². The smallest absolute Gasteiger partial charge is 0.471 e. The van der Waals surface area contributed by atoms with Gasteiger partial charge in [0, 0.05) is 20.0 Å².